The minimum Gasteiger partial charge on any atom is -0.492 e. The highest BCUT2D eigenvalue weighted by Gasteiger charge is 2.41. The third kappa shape index (κ3) is 4.39. The van der Waals surface area contributed by atoms with E-state index in [9.17, 15) is 14.4 Å². The number of benzene rings is 2. The van der Waals surface area contributed by atoms with E-state index in [0.717, 1.165) is 33.4 Å². The molecule has 4 amide bonds. The zero-order valence-corrected chi connectivity index (χ0v) is 21.1. The second-order valence-electron chi connectivity index (χ2n) is 9.37. The second-order valence-corrected chi connectivity index (χ2v) is 9.37. The van der Waals surface area contributed by atoms with Crippen molar-refractivity contribution in [2.75, 3.05) is 26.7 Å². The van der Waals surface area contributed by atoms with Gasteiger partial charge in [-0.2, -0.15) is 0 Å². The molecule has 1 fully saturated rings. The zero-order valence-electron chi connectivity index (χ0n) is 21.1. The first kappa shape index (κ1) is 25.1. The maximum atomic E-state index is 12.9. The summed E-state index contributed by atoms with van der Waals surface area (Å²) >= 11 is 0. The van der Waals surface area contributed by atoms with Gasteiger partial charge in [-0.05, 0) is 47.5 Å². The first-order valence-corrected chi connectivity index (χ1v) is 12.2. The Morgan fingerprint density at radius 3 is 2.68 bits per heavy atom. The fourth-order valence-electron chi connectivity index (χ4n) is 5.21. The van der Waals surface area contributed by atoms with E-state index in [1.165, 1.54) is 6.08 Å². The molecule has 1 aromatic heterocycles. The summed E-state index contributed by atoms with van der Waals surface area (Å²) < 4.78 is 8.13. The zero-order chi connectivity index (χ0) is 27.0. The first-order chi connectivity index (χ1) is 18.3. The van der Waals surface area contributed by atoms with Crippen LogP contribution in [0.4, 0.5) is 4.79 Å². The van der Waals surface area contributed by atoms with Crippen LogP contribution in [0.15, 0.2) is 67.4 Å². The number of aromatic nitrogens is 1. The highest BCUT2D eigenvalue weighted by atomic mass is 16.5. The number of hydrogen-bond acceptors (Lipinski definition) is 5. The van der Waals surface area contributed by atoms with Gasteiger partial charge in [-0.3, -0.25) is 14.8 Å². The first-order valence-electron chi connectivity index (χ1n) is 12.2. The third-order valence-corrected chi connectivity index (χ3v) is 7.18. The number of hydroxylamine groups is 1. The Kier molecular flexibility index (Phi) is 6.64. The van der Waals surface area contributed by atoms with Crippen molar-refractivity contribution < 1.29 is 24.3 Å². The lowest BCUT2D eigenvalue weighted by atomic mass is 9.87. The Hall–Kier alpha value is -4.57. The Bertz CT molecular complexity index is 1460. The molecule has 3 aromatic rings. The molecule has 2 aromatic carbocycles. The molecule has 1 unspecified atom stereocenters. The van der Waals surface area contributed by atoms with Gasteiger partial charge >= 0.3 is 6.03 Å². The Balaban J connectivity index is 1.53. The number of carbonyl (C=O) groups excluding carboxylic acids is 3. The van der Waals surface area contributed by atoms with E-state index in [0.29, 0.717) is 44.1 Å². The van der Waals surface area contributed by atoms with Gasteiger partial charge in [-0.25, -0.2) is 10.3 Å². The summed E-state index contributed by atoms with van der Waals surface area (Å²) in [5.74, 6) is -0.195. The molecular weight excluding hydrogens is 486 g/mol. The van der Waals surface area contributed by atoms with Gasteiger partial charge in [-0.15, -0.1) is 0 Å². The maximum absolute atomic E-state index is 12.9. The number of ether oxygens (including phenoxy) is 1. The van der Waals surface area contributed by atoms with Crippen molar-refractivity contribution in [3.8, 4) is 5.75 Å². The number of amides is 4. The van der Waals surface area contributed by atoms with Crippen LogP contribution in [-0.2, 0) is 17.9 Å². The average molecular weight is 516 g/mol. The number of nitrogens with zero attached hydrogens (tertiary/aromatic N) is 3. The van der Waals surface area contributed by atoms with Gasteiger partial charge < -0.3 is 24.4 Å². The van der Waals surface area contributed by atoms with E-state index in [4.69, 9.17) is 9.94 Å². The largest absolute Gasteiger partial charge is 0.492 e. The van der Waals surface area contributed by atoms with E-state index in [-0.39, 0.29) is 17.9 Å². The lowest BCUT2D eigenvalue weighted by molar-refractivity contribution is -0.116. The summed E-state index contributed by atoms with van der Waals surface area (Å²) in [5, 5.41) is 12.6. The molecule has 10 heteroatoms. The fraction of sp³-hybridized carbons (Fsp3) is 0.250. The highest BCUT2D eigenvalue weighted by Crippen LogP contribution is 2.44. The number of likely N-dealkylation sites (N-methyl/N-ethyl adjacent to an activating group) is 1. The van der Waals surface area contributed by atoms with Gasteiger partial charge in [0.05, 0.1) is 13.1 Å². The highest BCUT2D eigenvalue weighted by molar-refractivity contribution is 5.93. The standard InChI is InChI=1S/C28H29N5O5/c1-4-25(34)29-11-12-38-20-9-10-23-21(13-20)26-22-15-32(28(36)31(3)17(22)2)16-24(26)33(23)14-18-5-7-19(8-6-18)27(35)30-37/h4-10,13,22,37H,1-2,11-12,14-16H2,3H3,(H,29,34)(H,30,35). The van der Waals surface area contributed by atoms with Crippen molar-refractivity contribution in [3.63, 3.8) is 0 Å². The molecule has 2 bridgehead atoms. The van der Waals surface area contributed by atoms with Gasteiger partial charge in [0.2, 0.25) is 5.91 Å². The molecule has 10 nitrogen and oxygen atoms in total. The molecule has 3 heterocycles. The van der Waals surface area contributed by atoms with E-state index in [1.54, 1.807) is 29.6 Å². The van der Waals surface area contributed by atoms with E-state index >= 15 is 0 Å². The smallest absolute Gasteiger partial charge is 0.324 e. The summed E-state index contributed by atoms with van der Waals surface area (Å²) in [7, 11) is 1.75. The van der Waals surface area contributed by atoms with Gasteiger partial charge in [0.15, 0.2) is 0 Å². The molecule has 1 saturated heterocycles. The SMILES string of the molecule is C=CC(=O)NCCOc1ccc2c(c1)c1c(n2Cc2ccc(C(=O)NO)cc2)CN2CC1C(=C)N(C)C2=O. The van der Waals surface area contributed by atoms with Crippen molar-refractivity contribution in [1.82, 2.24) is 25.2 Å². The van der Waals surface area contributed by atoms with E-state index < -0.39 is 5.91 Å². The normalized spacial score (nSPS) is 16.3. The van der Waals surface area contributed by atoms with Crippen molar-refractivity contribution in [3.05, 3.63) is 89.8 Å². The monoisotopic (exact) mass is 515 g/mol. The Morgan fingerprint density at radius 2 is 1.97 bits per heavy atom. The topological polar surface area (TPSA) is 116 Å². The van der Waals surface area contributed by atoms with E-state index in [2.05, 4.69) is 23.0 Å². The number of fused-ring (bicyclic) bond motifs is 6. The second kappa shape index (κ2) is 10.1. The van der Waals surface area contributed by atoms with Crippen LogP contribution in [0.5, 0.6) is 5.75 Å². The number of carbonyl (C=O) groups is 3. The molecule has 2 aliphatic rings. The maximum Gasteiger partial charge on any atom is 0.324 e. The Morgan fingerprint density at radius 1 is 1.21 bits per heavy atom. The lowest BCUT2D eigenvalue weighted by Gasteiger charge is -2.44. The van der Waals surface area contributed by atoms with Crippen LogP contribution in [0, 0.1) is 0 Å². The van der Waals surface area contributed by atoms with Crippen LogP contribution in [0.1, 0.15) is 33.1 Å². The Labute approximate surface area is 219 Å². The van der Waals surface area contributed by atoms with E-state index in [1.807, 2.05) is 35.2 Å². The third-order valence-electron chi connectivity index (χ3n) is 7.18. The number of rotatable bonds is 8. The van der Waals surface area contributed by atoms with Crippen molar-refractivity contribution in [2.24, 2.45) is 0 Å². The lowest BCUT2D eigenvalue weighted by Crippen LogP contribution is -2.51. The number of nitrogens with one attached hydrogen (secondary N) is 2. The van der Waals surface area contributed by atoms with Gasteiger partial charge in [-0.1, -0.05) is 25.3 Å². The summed E-state index contributed by atoms with van der Waals surface area (Å²) in [4.78, 5) is 39.5. The molecular formula is C28H29N5O5. The average Bonchev–Trinajstić information content (AvgIpc) is 3.25. The van der Waals surface area contributed by atoms with Gasteiger partial charge in [0, 0.05) is 53.9 Å². The molecule has 0 saturated carbocycles. The molecule has 0 aliphatic carbocycles. The molecule has 2 aliphatic heterocycles. The molecule has 0 radical (unpaired) electrons. The minimum atomic E-state index is -0.571. The number of urea groups is 1. The van der Waals surface area contributed by atoms with Crippen molar-refractivity contribution in [2.45, 2.75) is 19.0 Å². The van der Waals surface area contributed by atoms with Crippen LogP contribution in [0.3, 0.4) is 0 Å². The van der Waals surface area contributed by atoms with Crippen molar-refractivity contribution >= 4 is 28.7 Å². The molecule has 38 heavy (non-hydrogen) atoms. The summed E-state index contributed by atoms with van der Waals surface area (Å²) in [6.45, 7) is 9.90. The van der Waals surface area contributed by atoms with Crippen LogP contribution in [0.2, 0.25) is 0 Å². The summed E-state index contributed by atoms with van der Waals surface area (Å²) in [6, 6.07) is 12.9. The molecule has 5 rings (SSSR count). The fourth-order valence-corrected chi connectivity index (χ4v) is 5.21. The van der Waals surface area contributed by atoms with Crippen LogP contribution >= 0.6 is 0 Å². The quantitative estimate of drug-likeness (QED) is 0.185. The van der Waals surface area contributed by atoms with Crippen LogP contribution < -0.4 is 15.5 Å². The van der Waals surface area contributed by atoms with Crippen LogP contribution in [-0.4, -0.2) is 64.2 Å². The predicted molar refractivity (Wildman–Crippen MR) is 141 cm³/mol. The molecule has 3 N–H and O–H groups in total. The minimum absolute atomic E-state index is 0.0528. The van der Waals surface area contributed by atoms with Gasteiger partial charge in [0.25, 0.3) is 5.91 Å². The molecule has 196 valence electrons. The van der Waals surface area contributed by atoms with Gasteiger partial charge in [0.1, 0.15) is 12.4 Å². The molecule has 0 spiro atoms. The predicted octanol–water partition coefficient (Wildman–Crippen LogP) is 2.97. The number of hydrogen-bond donors (Lipinski definition) is 3. The summed E-state index contributed by atoms with van der Waals surface area (Å²) in [5.41, 5.74) is 6.88. The summed E-state index contributed by atoms with van der Waals surface area (Å²) in [6.07, 6.45) is 1.22. The van der Waals surface area contributed by atoms with Crippen LogP contribution in [0.25, 0.3) is 10.9 Å². The molecule has 1 atom stereocenters. The van der Waals surface area contributed by atoms with Crippen molar-refractivity contribution in [1.29, 1.82) is 0 Å².